The predicted molar refractivity (Wildman–Crippen MR) is 64.1 cm³/mol. The van der Waals surface area contributed by atoms with E-state index in [0.29, 0.717) is 13.1 Å². The van der Waals surface area contributed by atoms with E-state index in [1.807, 2.05) is 4.90 Å². The van der Waals surface area contributed by atoms with Crippen LogP contribution in [0.4, 0.5) is 0 Å². The van der Waals surface area contributed by atoms with Crippen LogP contribution in [0, 0.1) is 16.7 Å². The Hall–Kier alpha value is -1.98. The van der Waals surface area contributed by atoms with Crippen LogP contribution in [-0.4, -0.2) is 41.7 Å². The van der Waals surface area contributed by atoms with E-state index >= 15 is 0 Å². The standard InChI is InChI=1S/C11H16N4O2/c12-9(11(14)17)1-2-10(13)15-5-3-8(7-16)4-6-15/h1-2,7-8,12-13H,3-6H2,(H2,14,17)/b2-1-,12-9?,13-10?. The van der Waals surface area contributed by atoms with Gasteiger partial charge in [-0.1, -0.05) is 0 Å². The average Bonchev–Trinajstić information content (AvgIpc) is 2.35. The highest BCUT2D eigenvalue weighted by Gasteiger charge is 2.19. The monoisotopic (exact) mass is 236 g/mol. The maximum Gasteiger partial charge on any atom is 0.266 e. The van der Waals surface area contributed by atoms with Crippen molar-refractivity contribution in [2.45, 2.75) is 12.8 Å². The third-order valence-electron chi connectivity index (χ3n) is 2.75. The van der Waals surface area contributed by atoms with E-state index in [-0.39, 0.29) is 17.5 Å². The van der Waals surface area contributed by atoms with E-state index < -0.39 is 5.91 Å². The molecule has 0 aromatic carbocycles. The largest absolute Gasteiger partial charge is 0.364 e. The third-order valence-corrected chi connectivity index (χ3v) is 2.75. The molecule has 1 amide bonds. The molecule has 1 fully saturated rings. The van der Waals surface area contributed by atoms with Crippen molar-refractivity contribution in [1.29, 1.82) is 10.8 Å². The Bertz CT molecular complexity index is 368. The fourth-order valence-corrected chi connectivity index (χ4v) is 1.63. The lowest BCUT2D eigenvalue weighted by Crippen LogP contribution is -2.37. The summed E-state index contributed by atoms with van der Waals surface area (Å²) in [5.74, 6) is -0.485. The number of rotatable bonds is 4. The number of piperidine rings is 1. The first kappa shape index (κ1) is 13.1. The van der Waals surface area contributed by atoms with Crippen LogP contribution >= 0.6 is 0 Å². The number of carbonyl (C=O) groups is 2. The predicted octanol–water partition coefficient (Wildman–Crippen LogP) is -0.0642. The van der Waals surface area contributed by atoms with Gasteiger partial charge >= 0.3 is 0 Å². The van der Waals surface area contributed by atoms with Crippen molar-refractivity contribution in [2.24, 2.45) is 11.7 Å². The molecule has 1 aliphatic rings. The van der Waals surface area contributed by atoms with Gasteiger partial charge in [0, 0.05) is 19.0 Å². The van der Waals surface area contributed by atoms with Gasteiger partial charge in [0.1, 0.15) is 17.8 Å². The maximum atomic E-state index is 10.6. The van der Waals surface area contributed by atoms with Crippen molar-refractivity contribution in [3.8, 4) is 0 Å². The van der Waals surface area contributed by atoms with E-state index in [1.54, 1.807) is 0 Å². The summed E-state index contributed by atoms with van der Waals surface area (Å²) < 4.78 is 0. The molecule has 0 aromatic rings. The molecule has 1 rings (SSSR count). The molecule has 1 saturated heterocycles. The van der Waals surface area contributed by atoms with Gasteiger partial charge in [0.2, 0.25) is 0 Å². The zero-order valence-electron chi connectivity index (χ0n) is 9.48. The van der Waals surface area contributed by atoms with Crippen LogP contribution in [0.5, 0.6) is 0 Å². The first-order valence-corrected chi connectivity index (χ1v) is 5.40. The van der Waals surface area contributed by atoms with E-state index in [4.69, 9.17) is 16.6 Å². The molecule has 0 aliphatic carbocycles. The zero-order chi connectivity index (χ0) is 12.8. The van der Waals surface area contributed by atoms with Gasteiger partial charge in [-0.2, -0.15) is 0 Å². The summed E-state index contributed by atoms with van der Waals surface area (Å²) in [6, 6.07) is 0. The minimum absolute atomic E-state index is 0.0898. The van der Waals surface area contributed by atoms with E-state index in [0.717, 1.165) is 19.1 Å². The molecule has 1 heterocycles. The summed E-state index contributed by atoms with van der Waals surface area (Å²) in [6.45, 7) is 1.30. The number of nitrogens with two attached hydrogens (primary N) is 1. The lowest BCUT2D eigenvalue weighted by molar-refractivity contribution is -0.112. The SMILES string of the molecule is N=C(/C=C\C(=N)N1CCC(C=O)CC1)C(N)=O. The minimum Gasteiger partial charge on any atom is -0.364 e. The molecule has 17 heavy (non-hydrogen) atoms. The average molecular weight is 236 g/mol. The Balaban J connectivity index is 2.47. The number of likely N-dealkylation sites (tertiary alicyclic amines) is 1. The molecular weight excluding hydrogens is 220 g/mol. The van der Waals surface area contributed by atoms with Crippen molar-refractivity contribution in [1.82, 2.24) is 4.90 Å². The number of amides is 1. The molecule has 4 N–H and O–H groups in total. The van der Waals surface area contributed by atoms with Crippen LogP contribution in [0.3, 0.4) is 0 Å². The first-order valence-electron chi connectivity index (χ1n) is 5.40. The number of hydrogen-bond donors (Lipinski definition) is 3. The molecule has 0 unspecified atom stereocenters. The highest BCUT2D eigenvalue weighted by molar-refractivity contribution is 6.41. The summed E-state index contributed by atoms with van der Waals surface area (Å²) in [4.78, 5) is 23.0. The Morgan fingerprint density at radius 2 is 1.82 bits per heavy atom. The van der Waals surface area contributed by atoms with E-state index in [2.05, 4.69) is 0 Å². The Kier molecular flexibility index (Phi) is 4.56. The maximum absolute atomic E-state index is 10.6. The van der Waals surface area contributed by atoms with Crippen LogP contribution in [0.1, 0.15) is 12.8 Å². The van der Waals surface area contributed by atoms with Gasteiger partial charge in [-0.25, -0.2) is 0 Å². The molecule has 92 valence electrons. The Labute approximate surface area is 99.5 Å². The first-order chi connectivity index (χ1) is 8.04. The summed E-state index contributed by atoms with van der Waals surface area (Å²) in [6.07, 6.45) is 5.05. The van der Waals surface area contributed by atoms with Gasteiger partial charge in [0.25, 0.3) is 5.91 Å². The van der Waals surface area contributed by atoms with E-state index in [9.17, 15) is 9.59 Å². The van der Waals surface area contributed by atoms with Gasteiger partial charge in [-0.15, -0.1) is 0 Å². The molecule has 0 radical (unpaired) electrons. The number of primary amides is 1. The normalized spacial score (nSPS) is 17.1. The fraction of sp³-hybridized carbons (Fsp3) is 0.455. The van der Waals surface area contributed by atoms with E-state index in [1.165, 1.54) is 12.2 Å². The fourth-order valence-electron chi connectivity index (χ4n) is 1.63. The summed E-state index contributed by atoms with van der Waals surface area (Å²) in [7, 11) is 0. The molecule has 0 spiro atoms. The Morgan fingerprint density at radius 3 is 2.29 bits per heavy atom. The van der Waals surface area contributed by atoms with Crippen molar-refractivity contribution in [2.75, 3.05) is 13.1 Å². The van der Waals surface area contributed by atoms with Crippen molar-refractivity contribution in [3.63, 3.8) is 0 Å². The van der Waals surface area contributed by atoms with Crippen molar-refractivity contribution < 1.29 is 9.59 Å². The van der Waals surface area contributed by atoms with Crippen LogP contribution < -0.4 is 5.73 Å². The lowest BCUT2D eigenvalue weighted by atomic mass is 9.98. The number of hydrogen-bond acceptors (Lipinski definition) is 4. The topological polar surface area (TPSA) is 111 Å². The van der Waals surface area contributed by atoms with Crippen LogP contribution in [-0.2, 0) is 9.59 Å². The van der Waals surface area contributed by atoms with Crippen molar-refractivity contribution >= 4 is 23.7 Å². The molecule has 0 bridgehead atoms. The van der Waals surface area contributed by atoms with Crippen LogP contribution in [0.25, 0.3) is 0 Å². The van der Waals surface area contributed by atoms with Gasteiger partial charge in [-0.3, -0.25) is 15.6 Å². The minimum atomic E-state index is -0.811. The quantitative estimate of drug-likeness (QED) is 0.361. The number of nitrogens with one attached hydrogen (secondary N) is 2. The molecule has 0 aromatic heterocycles. The third kappa shape index (κ3) is 3.82. The molecule has 0 saturated carbocycles. The Morgan fingerprint density at radius 1 is 1.24 bits per heavy atom. The highest BCUT2D eigenvalue weighted by Crippen LogP contribution is 2.15. The second kappa shape index (κ2) is 5.93. The second-order valence-corrected chi connectivity index (χ2v) is 3.96. The second-order valence-electron chi connectivity index (χ2n) is 3.96. The smallest absolute Gasteiger partial charge is 0.266 e. The number of carbonyl (C=O) groups excluding carboxylic acids is 2. The molecule has 6 heteroatoms. The molecular formula is C11H16N4O2. The number of amidine groups is 1. The van der Waals surface area contributed by atoms with Gasteiger partial charge in [0.15, 0.2) is 0 Å². The van der Waals surface area contributed by atoms with Crippen LogP contribution in [0.15, 0.2) is 12.2 Å². The number of aldehydes is 1. The van der Waals surface area contributed by atoms with Crippen molar-refractivity contribution in [3.05, 3.63) is 12.2 Å². The highest BCUT2D eigenvalue weighted by atomic mass is 16.1. The van der Waals surface area contributed by atoms with Gasteiger partial charge < -0.3 is 15.4 Å². The zero-order valence-corrected chi connectivity index (χ0v) is 9.48. The van der Waals surface area contributed by atoms with Crippen LogP contribution in [0.2, 0.25) is 0 Å². The summed E-state index contributed by atoms with van der Waals surface area (Å²) >= 11 is 0. The summed E-state index contributed by atoms with van der Waals surface area (Å²) in [5, 5.41) is 14.9. The molecule has 6 nitrogen and oxygen atoms in total. The molecule has 0 atom stereocenters. The van der Waals surface area contributed by atoms with Gasteiger partial charge in [-0.05, 0) is 25.0 Å². The molecule has 1 aliphatic heterocycles. The lowest BCUT2D eigenvalue weighted by Gasteiger charge is -2.30. The van der Waals surface area contributed by atoms with Gasteiger partial charge in [0.05, 0.1) is 0 Å². The summed E-state index contributed by atoms with van der Waals surface area (Å²) in [5.41, 5.74) is 4.58. The number of nitrogens with zero attached hydrogens (tertiary/aromatic N) is 1.